The van der Waals surface area contributed by atoms with E-state index in [1.54, 1.807) is 0 Å². The Morgan fingerprint density at radius 3 is 1.78 bits per heavy atom. The summed E-state index contributed by atoms with van der Waals surface area (Å²) in [5, 5.41) is 8.21. The van der Waals surface area contributed by atoms with Crippen LogP contribution in [0, 0.1) is 5.92 Å². The summed E-state index contributed by atoms with van der Waals surface area (Å²) < 4.78 is 5.56. The van der Waals surface area contributed by atoms with Gasteiger partial charge in [0.2, 0.25) is 18.2 Å². The normalized spacial score (nSPS) is 13.0. The molecule has 0 spiro atoms. The largest absolute Gasteiger partial charge is 0.459 e. The predicted octanol–water partition coefficient (Wildman–Crippen LogP) is 3.74. The van der Waals surface area contributed by atoms with Gasteiger partial charge in [-0.2, -0.15) is 0 Å². The molecule has 3 amide bonds. The van der Waals surface area contributed by atoms with Gasteiger partial charge in [-0.3, -0.25) is 14.4 Å². The number of hydrogen-bond donors (Lipinski definition) is 3. The minimum atomic E-state index is -0.956. The zero-order chi connectivity index (χ0) is 29.5. The lowest BCUT2D eigenvalue weighted by molar-refractivity contribution is -0.149. The predicted molar refractivity (Wildman–Crippen MR) is 157 cm³/mol. The van der Waals surface area contributed by atoms with Crippen LogP contribution in [0.3, 0.4) is 0 Å². The van der Waals surface area contributed by atoms with Gasteiger partial charge in [0.1, 0.15) is 24.7 Å². The summed E-state index contributed by atoms with van der Waals surface area (Å²) >= 11 is 0. The van der Waals surface area contributed by atoms with Crippen LogP contribution >= 0.6 is 0 Å². The van der Waals surface area contributed by atoms with Crippen molar-refractivity contribution in [2.45, 2.75) is 64.3 Å². The zero-order valence-corrected chi connectivity index (χ0v) is 23.6. The fraction of sp³-hybridized carbons (Fsp3) is 0.333. The Balaban J connectivity index is 1.71. The molecule has 41 heavy (non-hydrogen) atoms. The van der Waals surface area contributed by atoms with Crippen molar-refractivity contribution in [3.05, 3.63) is 108 Å². The Kier molecular flexibility index (Phi) is 12.6. The van der Waals surface area contributed by atoms with E-state index in [9.17, 15) is 19.2 Å². The summed E-state index contributed by atoms with van der Waals surface area (Å²) in [7, 11) is 0. The number of carbonyl (C=O) groups excluding carboxylic acids is 4. The number of hydrogen-bond acceptors (Lipinski definition) is 5. The molecule has 0 aliphatic carbocycles. The average molecular weight is 558 g/mol. The topological polar surface area (TPSA) is 114 Å². The Bertz CT molecular complexity index is 1240. The van der Waals surface area contributed by atoms with Crippen molar-refractivity contribution in [2.75, 3.05) is 0 Å². The van der Waals surface area contributed by atoms with E-state index in [4.69, 9.17) is 4.74 Å². The highest BCUT2D eigenvalue weighted by Crippen LogP contribution is 2.11. The van der Waals surface area contributed by atoms with Crippen LogP contribution in [0.15, 0.2) is 91.0 Å². The monoisotopic (exact) mass is 557 g/mol. The van der Waals surface area contributed by atoms with Gasteiger partial charge in [-0.05, 0) is 41.9 Å². The minimum Gasteiger partial charge on any atom is -0.459 e. The summed E-state index contributed by atoms with van der Waals surface area (Å²) in [4.78, 5) is 51.2. The highest BCUT2D eigenvalue weighted by atomic mass is 16.5. The van der Waals surface area contributed by atoms with Crippen LogP contribution in [-0.2, 0) is 43.4 Å². The highest BCUT2D eigenvalue weighted by Gasteiger charge is 2.30. The Hall–Kier alpha value is -4.46. The third-order valence-electron chi connectivity index (χ3n) is 6.60. The molecule has 0 heterocycles. The van der Waals surface area contributed by atoms with E-state index in [1.165, 1.54) is 0 Å². The van der Waals surface area contributed by atoms with Crippen LogP contribution in [0.4, 0.5) is 0 Å². The lowest BCUT2D eigenvalue weighted by Gasteiger charge is -2.25. The van der Waals surface area contributed by atoms with E-state index < -0.39 is 35.9 Å². The van der Waals surface area contributed by atoms with Crippen molar-refractivity contribution < 1.29 is 23.9 Å². The molecule has 8 heteroatoms. The van der Waals surface area contributed by atoms with Gasteiger partial charge in [-0.25, -0.2) is 4.79 Å². The number of amides is 3. The van der Waals surface area contributed by atoms with E-state index in [1.807, 2.05) is 105 Å². The van der Waals surface area contributed by atoms with Crippen LogP contribution < -0.4 is 16.0 Å². The maximum absolute atomic E-state index is 13.5. The number of ether oxygens (including phenoxy) is 1. The second-order valence-electron chi connectivity index (χ2n) is 10.4. The van der Waals surface area contributed by atoms with Crippen LogP contribution in [0.2, 0.25) is 0 Å². The first kappa shape index (κ1) is 31.1. The first-order valence-electron chi connectivity index (χ1n) is 13.9. The SMILES string of the molecule is CC(C)CC(NC(=O)C(CCc1ccccc1)NC=O)C(=O)NC(Cc1ccccc1)C(=O)OCc1ccccc1. The Morgan fingerprint density at radius 1 is 0.707 bits per heavy atom. The molecule has 0 aliphatic heterocycles. The van der Waals surface area contributed by atoms with Crippen molar-refractivity contribution in [3.63, 3.8) is 0 Å². The Morgan fingerprint density at radius 2 is 1.22 bits per heavy atom. The number of aryl methyl sites for hydroxylation is 1. The number of rotatable bonds is 16. The van der Waals surface area contributed by atoms with E-state index in [2.05, 4.69) is 16.0 Å². The van der Waals surface area contributed by atoms with E-state index in [0.717, 1.165) is 16.7 Å². The molecular formula is C33H39N3O5. The van der Waals surface area contributed by atoms with Crippen molar-refractivity contribution in [2.24, 2.45) is 5.92 Å². The minimum absolute atomic E-state index is 0.0745. The zero-order valence-electron chi connectivity index (χ0n) is 23.6. The summed E-state index contributed by atoms with van der Waals surface area (Å²) in [6.07, 6.45) is 2.02. The number of nitrogens with one attached hydrogen (secondary N) is 3. The van der Waals surface area contributed by atoms with Crippen LogP contribution in [0.5, 0.6) is 0 Å². The molecule has 0 aromatic heterocycles. The number of esters is 1. The summed E-state index contributed by atoms with van der Waals surface area (Å²) in [6, 6.07) is 25.6. The molecule has 0 saturated heterocycles. The second kappa shape index (κ2) is 16.6. The average Bonchev–Trinajstić information content (AvgIpc) is 2.98. The lowest BCUT2D eigenvalue weighted by atomic mass is 10.00. The lowest BCUT2D eigenvalue weighted by Crippen LogP contribution is -2.56. The standard InChI is InChI=1S/C33H39N3O5/c1-24(2)20-29(35-31(38)28(34-23-37)19-18-25-12-6-3-7-13-25)32(39)36-30(21-26-14-8-4-9-15-26)33(40)41-22-27-16-10-5-11-17-27/h3-17,23-24,28-30H,18-22H2,1-2H3,(H,34,37)(H,35,38)(H,36,39). The van der Waals surface area contributed by atoms with Gasteiger partial charge in [-0.1, -0.05) is 105 Å². The van der Waals surface area contributed by atoms with Crippen molar-refractivity contribution in [1.29, 1.82) is 0 Å². The quantitative estimate of drug-likeness (QED) is 0.183. The van der Waals surface area contributed by atoms with E-state index >= 15 is 0 Å². The maximum atomic E-state index is 13.5. The van der Waals surface area contributed by atoms with Gasteiger partial charge < -0.3 is 20.7 Å². The summed E-state index contributed by atoms with van der Waals surface area (Å²) in [5.74, 6) is -1.44. The molecule has 0 bridgehead atoms. The molecule has 216 valence electrons. The summed E-state index contributed by atoms with van der Waals surface area (Å²) in [5.41, 5.74) is 2.72. The number of benzene rings is 3. The van der Waals surface area contributed by atoms with Crippen molar-refractivity contribution >= 4 is 24.2 Å². The molecule has 3 unspecified atom stereocenters. The molecule has 3 aromatic carbocycles. The molecule has 3 atom stereocenters. The number of carbonyl (C=O) groups is 4. The van der Waals surface area contributed by atoms with Gasteiger partial charge in [-0.15, -0.1) is 0 Å². The molecular weight excluding hydrogens is 518 g/mol. The fourth-order valence-electron chi connectivity index (χ4n) is 4.45. The van der Waals surface area contributed by atoms with Crippen molar-refractivity contribution in [3.8, 4) is 0 Å². The third kappa shape index (κ3) is 10.9. The maximum Gasteiger partial charge on any atom is 0.329 e. The molecule has 3 rings (SSSR count). The van der Waals surface area contributed by atoms with Crippen LogP contribution in [-0.4, -0.2) is 42.3 Å². The van der Waals surface area contributed by atoms with Gasteiger partial charge in [0.05, 0.1) is 0 Å². The second-order valence-corrected chi connectivity index (χ2v) is 10.4. The van der Waals surface area contributed by atoms with E-state index in [0.29, 0.717) is 25.7 Å². The van der Waals surface area contributed by atoms with Gasteiger partial charge in [0.25, 0.3) is 0 Å². The van der Waals surface area contributed by atoms with E-state index in [-0.39, 0.29) is 18.9 Å². The highest BCUT2D eigenvalue weighted by molar-refractivity contribution is 5.92. The van der Waals surface area contributed by atoms with Gasteiger partial charge >= 0.3 is 5.97 Å². The molecule has 3 aromatic rings. The molecule has 0 fully saturated rings. The molecule has 0 saturated carbocycles. The van der Waals surface area contributed by atoms with Gasteiger partial charge in [0, 0.05) is 6.42 Å². The van der Waals surface area contributed by atoms with Gasteiger partial charge in [0.15, 0.2) is 0 Å². The first-order chi connectivity index (χ1) is 19.9. The van der Waals surface area contributed by atoms with Crippen LogP contribution in [0.25, 0.3) is 0 Å². The molecule has 0 aliphatic rings. The van der Waals surface area contributed by atoms with Crippen LogP contribution in [0.1, 0.15) is 43.4 Å². The first-order valence-corrected chi connectivity index (χ1v) is 13.9. The van der Waals surface area contributed by atoms with Crippen molar-refractivity contribution in [1.82, 2.24) is 16.0 Å². The fourth-order valence-corrected chi connectivity index (χ4v) is 4.45. The molecule has 8 nitrogen and oxygen atoms in total. The molecule has 0 radical (unpaired) electrons. The molecule has 3 N–H and O–H groups in total. The Labute approximate surface area is 241 Å². The summed E-state index contributed by atoms with van der Waals surface area (Å²) in [6.45, 7) is 3.96. The smallest absolute Gasteiger partial charge is 0.329 e. The third-order valence-corrected chi connectivity index (χ3v) is 6.60.